The summed E-state index contributed by atoms with van der Waals surface area (Å²) in [5.74, 6) is -0.670. The Morgan fingerprint density at radius 2 is 1.74 bits per heavy atom. The Labute approximate surface area is 222 Å². The second-order valence-electron chi connectivity index (χ2n) is 8.74. The molecule has 0 radical (unpaired) electrons. The molecule has 4 aromatic rings. The maximum absolute atomic E-state index is 14.4. The van der Waals surface area contributed by atoms with Crippen LogP contribution in [0, 0.1) is 12.7 Å². The van der Waals surface area contributed by atoms with E-state index in [2.05, 4.69) is 5.32 Å². The highest BCUT2D eigenvalue weighted by Crippen LogP contribution is 2.36. The van der Waals surface area contributed by atoms with Crippen LogP contribution in [-0.4, -0.2) is 40.2 Å². The molecule has 38 heavy (non-hydrogen) atoms. The zero-order valence-corrected chi connectivity index (χ0v) is 21.5. The molecule has 7 nitrogen and oxygen atoms in total. The van der Waals surface area contributed by atoms with Gasteiger partial charge < -0.3 is 14.6 Å². The molecule has 0 atom stereocenters. The number of carbonyl (C=O) groups excluding carboxylic acids is 3. The number of imide groups is 1. The third kappa shape index (κ3) is 4.92. The lowest BCUT2D eigenvalue weighted by Gasteiger charge is -2.12. The van der Waals surface area contributed by atoms with Crippen LogP contribution in [0.25, 0.3) is 17.0 Å². The van der Waals surface area contributed by atoms with Gasteiger partial charge in [0.1, 0.15) is 18.1 Å². The van der Waals surface area contributed by atoms with Gasteiger partial charge in [-0.3, -0.25) is 19.3 Å². The minimum atomic E-state index is -0.532. The van der Waals surface area contributed by atoms with Gasteiger partial charge in [0.15, 0.2) is 0 Å². The average Bonchev–Trinajstić information content (AvgIpc) is 3.33. The molecular weight excluding hydrogens is 505 g/mol. The molecule has 0 spiro atoms. The molecule has 1 aliphatic heterocycles. The molecule has 3 aromatic carbocycles. The van der Waals surface area contributed by atoms with E-state index in [9.17, 15) is 18.8 Å². The van der Waals surface area contributed by atoms with E-state index in [0.29, 0.717) is 23.5 Å². The Hall–Kier alpha value is -4.37. The van der Waals surface area contributed by atoms with E-state index in [1.807, 2.05) is 35.8 Å². The van der Waals surface area contributed by atoms with E-state index < -0.39 is 23.6 Å². The molecule has 9 heteroatoms. The Kier molecular flexibility index (Phi) is 7.02. The van der Waals surface area contributed by atoms with E-state index in [4.69, 9.17) is 4.74 Å². The molecule has 192 valence electrons. The number of nitrogens with one attached hydrogen (secondary N) is 1. The van der Waals surface area contributed by atoms with Crippen molar-refractivity contribution in [3.8, 4) is 5.75 Å². The lowest BCUT2D eigenvalue weighted by atomic mass is 10.1. The van der Waals surface area contributed by atoms with Crippen LogP contribution in [0.15, 0.2) is 77.7 Å². The highest BCUT2D eigenvalue weighted by Gasteiger charge is 2.36. The summed E-state index contributed by atoms with van der Waals surface area (Å²) in [6.07, 6.45) is 1.68. The number of anilines is 1. The van der Waals surface area contributed by atoms with Crippen LogP contribution in [0.3, 0.4) is 0 Å². The van der Waals surface area contributed by atoms with Gasteiger partial charge in [-0.15, -0.1) is 0 Å². The first-order valence-electron chi connectivity index (χ1n) is 11.9. The number of nitrogens with zero attached hydrogens (tertiary/aromatic N) is 2. The van der Waals surface area contributed by atoms with E-state index >= 15 is 0 Å². The number of benzene rings is 3. The summed E-state index contributed by atoms with van der Waals surface area (Å²) in [6.45, 7) is 1.82. The first-order chi connectivity index (χ1) is 18.4. The van der Waals surface area contributed by atoms with Crippen molar-refractivity contribution in [1.29, 1.82) is 0 Å². The normalized spacial score (nSPS) is 14.5. The molecule has 1 saturated heterocycles. The average molecular weight is 530 g/mol. The first kappa shape index (κ1) is 25.3. The van der Waals surface area contributed by atoms with Crippen molar-refractivity contribution in [1.82, 2.24) is 9.47 Å². The third-order valence-corrected chi connectivity index (χ3v) is 7.30. The first-order valence-corrected chi connectivity index (χ1v) is 12.7. The van der Waals surface area contributed by atoms with Crippen molar-refractivity contribution >= 4 is 51.5 Å². The molecule has 1 aliphatic rings. The van der Waals surface area contributed by atoms with Crippen molar-refractivity contribution in [3.63, 3.8) is 0 Å². The lowest BCUT2D eigenvalue weighted by molar-refractivity contribution is -0.127. The number of ether oxygens (including phenoxy) is 1. The Morgan fingerprint density at radius 1 is 1.03 bits per heavy atom. The third-order valence-electron chi connectivity index (χ3n) is 6.39. The fourth-order valence-electron chi connectivity index (χ4n) is 4.43. The maximum Gasteiger partial charge on any atom is 0.294 e. The van der Waals surface area contributed by atoms with Crippen LogP contribution in [0.4, 0.5) is 14.9 Å². The highest BCUT2D eigenvalue weighted by molar-refractivity contribution is 8.18. The summed E-state index contributed by atoms with van der Waals surface area (Å²) in [5, 5.41) is 3.05. The van der Waals surface area contributed by atoms with Crippen LogP contribution in [0.2, 0.25) is 0 Å². The van der Waals surface area contributed by atoms with E-state index in [-0.39, 0.29) is 10.7 Å². The summed E-state index contributed by atoms with van der Waals surface area (Å²) in [6, 6.07) is 21.0. The highest BCUT2D eigenvalue weighted by atomic mass is 32.2. The summed E-state index contributed by atoms with van der Waals surface area (Å²) < 4.78 is 21.5. The fourth-order valence-corrected chi connectivity index (χ4v) is 5.25. The summed E-state index contributed by atoms with van der Waals surface area (Å²) in [7, 11) is 1.54. The molecule has 0 bridgehead atoms. The molecule has 2 heterocycles. The number of halogens is 1. The summed E-state index contributed by atoms with van der Waals surface area (Å²) in [4.78, 5) is 39.5. The Balaban J connectivity index is 1.40. The molecular formula is C29H24FN3O4S. The Bertz CT molecular complexity index is 1590. The van der Waals surface area contributed by atoms with Gasteiger partial charge in [0, 0.05) is 33.4 Å². The zero-order chi connectivity index (χ0) is 26.8. The molecule has 3 amide bonds. The SMILES string of the molecule is COc1ccc(NC(=O)CN2C(=O)S/C(=C\c3c(C)n(Cc4ccccc4F)c4ccccc34)C2=O)cc1. The standard InChI is InChI=1S/C29H24FN3O4S/c1-18-23(22-8-4-6-10-25(22)32(18)16-19-7-3-5-9-24(19)30)15-26-28(35)33(29(36)38-26)17-27(34)31-20-11-13-21(37-2)14-12-20/h3-15H,16-17H2,1-2H3,(H,31,34)/b26-15-. The van der Waals surface area contributed by atoms with E-state index in [1.165, 1.54) is 6.07 Å². The van der Waals surface area contributed by atoms with Gasteiger partial charge in [0.2, 0.25) is 5.91 Å². The number of fused-ring (bicyclic) bond motifs is 1. The molecule has 1 fully saturated rings. The molecule has 1 N–H and O–H groups in total. The predicted molar refractivity (Wildman–Crippen MR) is 146 cm³/mol. The molecule has 0 unspecified atom stereocenters. The van der Waals surface area contributed by atoms with E-state index in [1.54, 1.807) is 55.7 Å². The Morgan fingerprint density at radius 3 is 2.47 bits per heavy atom. The van der Waals surface area contributed by atoms with Crippen LogP contribution in [0.1, 0.15) is 16.8 Å². The van der Waals surface area contributed by atoms with Gasteiger partial charge in [-0.2, -0.15) is 0 Å². The number of methoxy groups -OCH3 is 1. The predicted octanol–water partition coefficient (Wildman–Crippen LogP) is 5.82. The van der Waals surface area contributed by atoms with Crippen molar-refractivity contribution in [3.05, 3.63) is 100 Å². The minimum absolute atomic E-state index is 0.226. The van der Waals surface area contributed by atoms with E-state index in [0.717, 1.165) is 38.8 Å². The van der Waals surface area contributed by atoms with Gasteiger partial charge in [0.25, 0.3) is 11.1 Å². The monoisotopic (exact) mass is 529 g/mol. The number of para-hydroxylation sites is 1. The van der Waals surface area contributed by atoms with Gasteiger partial charge in [-0.05, 0) is 61.2 Å². The number of aromatic nitrogens is 1. The zero-order valence-electron chi connectivity index (χ0n) is 20.7. The van der Waals surface area contributed by atoms with Gasteiger partial charge in [-0.25, -0.2) is 4.39 Å². The second-order valence-corrected chi connectivity index (χ2v) is 9.73. The van der Waals surface area contributed by atoms with Crippen LogP contribution < -0.4 is 10.1 Å². The van der Waals surface area contributed by atoms with Gasteiger partial charge >= 0.3 is 0 Å². The maximum atomic E-state index is 14.4. The number of thioether (sulfide) groups is 1. The number of hydrogen-bond donors (Lipinski definition) is 1. The number of carbonyl (C=O) groups is 3. The minimum Gasteiger partial charge on any atom is -0.497 e. The fraction of sp³-hybridized carbons (Fsp3) is 0.138. The number of rotatable bonds is 7. The van der Waals surface area contributed by atoms with Crippen LogP contribution >= 0.6 is 11.8 Å². The molecule has 1 aromatic heterocycles. The summed E-state index contributed by atoms with van der Waals surface area (Å²) >= 11 is 0.796. The molecule has 0 aliphatic carbocycles. The quantitative estimate of drug-likeness (QED) is 0.305. The van der Waals surface area contributed by atoms with Crippen LogP contribution in [-0.2, 0) is 16.1 Å². The van der Waals surface area contributed by atoms with Crippen LogP contribution in [0.5, 0.6) is 5.75 Å². The summed E-state index contributed by atoms with van der Waals surface area (Å²) in [5.41, 5.74) is 3.56. The number of amides is 3. The van der Waals surface area contributed by atoms with Gasteiger partial charge in [0.05, 0.1) is 18.6 Å². The topological polar surface area (TPSA) is 80.6 Å². The van der Waals surface area contributed by atoms with Gasteiger partial charge in [-0.1, -0.05) is 36.4 Å². The molecule has 0 saturated carbocycles. The largest absolute Gasteiger partial charge is 0.497 e. The number of hydrogen-bond acceptors (Lipinski definition) is 5. The van der Waals surface area contributed by atoms with Crippen molar-refractivity contribution in [2.75, 3.05) is 19.0 Å². The molecule has 5 rings (SSSR count). The van der Waals surface area contributed by atoms with Crippen molar-refractivity contribution in [2.45, 2.75) is 13.5 Å². The lowest BCUT2D eigenvalue weighted by Crippen LogP contribution is -2.36. The van der Waals surface area contributed by atoms with Crippen molar-refractivity contribution < 1.29 is 23.5 Å². The smallest absolute Gasteiger partial charge is 0.294 e. The second kappa shape index (κ2) is 10.5. The van der Waals surface area contributed by atoms with Crippen molar-refractivity contribution in [2.24, 2.45) is 0 Å².